The first kappa shape index (κ1) is 10.6. The van der Waals surface area contributed by atoms with Crippen LogP contribution < -0.4 is 0 Å². The van der Waals surface area contributed by atoms with Crippen LogP contribution >= 0.6 is 0 Å². The molecule has 0 N–H and O–H groups in total. The van der Waals surface area contributed by atoms with Crippen LogP contribution in [0.25, 0.3) is 0 Å². The summed E-state index contributed by atoms with van der Waals surface area (Å²) in [5.41, 5.74) is -0.348. The molecule has 1 aliphatic carbocycles. The number of amides is 2. The van der Waals surface area contributed by atoms with E-state index in [9.17, 15) is 9.59 Å². The van der Waals surface area contributed by atoms with Crippen LogP contribution in [0.3, 0.4) is 0 Å². The van der Waals surface area contributed by atoms with Crippen LogP contribution in [0.15, 0.2) is 0 Å². The Labute approximate surface area is 90.2 Å². The lowest BCUT2D eigenvalue weighted by Crippen LogP contribution is -2.44. The van der Waals surface area contributed by atoms with Gasteiger partial charge in [-0.05, 0) is 12.8 Å². The van der Waals surface area contributed by atoms with Crippen molar-refractivity contribution >= 4 is 11.8 Å². The topological polar surface area (TPSA) is 40.6 Å². The van der Waals surface area contributed by atoms with Crippen LogP contribution in [-0.4, -0.2) is 35.9 Å². The highest BCUT2D eigenvalue weighted by Crippen LogP contribution is 2.45. The number of hydrazine groups is 1. The zero-order valence-corrected chi connectivity index (χ0v) is 9.45. The summed E-state index contributed by atoms with van der Waals surface area (Å²) in [5.74, 6) is -0.0101. The lowest BCUT2D eigenvalue weighted by Gasteiger charge is -2.31. The Morgan fingerprint density at radius 2 is 1.73 bits per heavy atom. The molecule has 0 atom stereocenters. The van der Waals surface area contributed by atoms with Gasteiger partial charge in [-0.1, -0.05) is 19.3 Å². The van der Waals surface area contributed by atoms with Crippen molar-refractivity contribution in [3.63, 3.8) is 0 Å². The quantitative estimate of drug-likeness (QED) is 0.610. The Balaban J connectivity index is 2.23. The molecule has 2 fully saturated rings. The maximum Gasteiger partial charge on any atom is 0.250 e. The van der Waals surface area contributed by atoms with E-state index in [0.717, 1.165) is 25.7 Å². The Morgan fingerprint density at radius 3 is 2.20 bits per heavy atom. The van der Waals surface area contributed by atoms with Crippen molar-refractivity contribution in [3.8, 4) is 0 Å². The fourth-order valence-corrected chi connectivity index (χ4v) is 2.80. The average molecular weight is 210 g/mol. The summed E-state index contributed by atoms with van der Waals surface area (Å²) in [5, 5.41) is 2.92. The molecule has 1 heterocycles. The molecule has 1 aliphatic heterocycles. The molecule has 1 spiro atoms. The minimum Gasteiger partial charge on any atom is -0.273 e. The van der Waals surface area contributed by atoms with E-state index in [2.05, 4.69) is 0 Å². The largest absolute Gasteiger partial charge is 0.273 e. The molecule has 0 radical (unpaired) electrons. The van der Waals surface area contributed by atoms with Crippen molar-refractivity contribution in [1.29, 1.82) is 0 Å². The van der Waals surface area contributed by atoms with Crippen molar-refractivity contribution in [1.82, 2.24) is 10.0 Å². The van der Waals surface area contributed by atoms with Gasteiger partial charge in [0.2, 0.25) is 5.91 Å². The van der Waals surface area contributed by atoms with Gasteiger partial charge in [0, 0.05) is 20.5 Å². The minimum absolute atomic E-state index is 0.0252. The molecule has 0 bridgehead atoms. The summed E-state index contributed by atoms with van der Waals surface area (Å²) in [6, 6.07) is 0. The molecule has 15 heavy (non-hydrogen) atoms. The molecule has 2 rings (SSSR count). The number of nitrogens with zero attached hydrogens (tertiary/aromatic N) is 2. The van der Waals surface area contributed by atoms with Crippen molar-refractivity contribution in [2.24, 2.45) is 5.41 Å². The first-order valence-corrected chi connectivity index (χ1v) is 5.61. The highest BCUT2D eigenvalue weighted by Gasteiger charge is 2.52. The van der Waals surface area contributed by atoms with Crippen molar-refractivity contribution in [3.05, 3.63) is 0 Å². The number of rotatable bonds is 1. The van der Waals surface area contributed by atoms with Crippen molar-refractivity contribution in [2.45, 2.75) is 38.5 Å². The molecule has 0 aromatic rings. The van der Waals surface area contributed by atoms with Crippen molar-refractivity contribution < 1.29 is 9.59 Å². The van der Waals surface area contributed by atoms with Gasteiger partial charge >= 0.3 is 0 Å². The Hall–Kier alpha value is -0.900. The van der Waals surface area contributed by atoms with Gasteiger partial charge < -0.3 is 0 Å². The van der Waals surface area contributed by atoms with Crippen LogP contribution in [0.2, 0.25) is 0 Å². The van der Waals surface area contributed by atoms with Crippen LogP contribution in [0.1, 0.15) is 38.5 Å². The summed E-state index contributed by atoms with van der Waals surface area (Å²) in [7, 11) is 3.50. The summed E-state index contributed by atoms with van der Waals surface area (Å²) >= 11 is 0. The molecule has 1 saturated heterocycles. The molecular formula is C11H18N2O2. The summed E-state index contributed by atoms with van der Waals surface area (Å²) in [6.07, 6.45) is 5.57. The molecule has 0 aromatic carbocycles. The number of imide groups is 1. The van der Waals surface area contributed by atoms with Crippen LogP contribution in [0, 0.1) is 5.41 Å². The van der Waals surface area contributed by atoms with Gasteiger partial charge in [0.25, 0.3) is 5.91 Å². The van der Waals surface area contributed by atoms with E-state index in [1.807, 2.05) is 0 Å². The summed E-state index contributed by atoms with van der Waals surface area (Å²) in [4.78, 5) is 24.0. The van der Waals surface area contributed by atoms with Crippen LogP contribution in [-0.2, 0) is 9.59 Å². The number of hydrogen-bond donors (Lipinski definition) is 0. The normalized spacial score (nSPS) is 25.7. The van der Waals surface area contributed by atoms with Gasteiger partial charge in [0.15, 0.2) is 0 Å². The van der Waals surface area contributed by atoms with Gasteiger partial charge in [0.05, 0.1) is 5.41 Å². The second-order valence-electron chi connectivity index (χ2n) is 4.88. The standard InChI is InChI=1S/C11H18N2O2/c1-12(2)13-9(14)8-11(10(13)15)6-4-3-5-7-11/h3-8H2,1-2H3. The third-order valence-corrected chi connectivity index (χ3v) is 3.58. The smallest absolute Gasteiger partial charge is 0.250 e. The van der Waals surface area contributed by atoms with E-state index >= 15 is 0 Å². The summed E-state index contributed by atoms with van der Waals surface area (Å²) < 4.78 is 0. The van der Waals surface area contributed by atoms with Gasteiger partial charge in [-0.15, -0.1) is 0 Å². The van der Waals surface area contributed by atoms with E-state index in [0.29, 0.717) is 6.42 Å². The molecule has 0 aromatic heterocycles. The summed E-state index contributed by atoms with van der Waals surface area (Å²) in [6.45, 7) is 0. The number of carbonyl (C=O) groups excluding carboxylic acids is 2. The second kappa shape index (κ2) is 3.59. The molecule has 4 nitrogen and oxygen atoms in total. The number of carbonyl (C=O) groups is 2. The second-order valence-corrected chi connectivity index (χ2v) is 4.88. The monoisotopic (exact) mass is 210 g/mol. The maximum absolute atomic E-state index is 12.2. The van der Waals surface area contributed by atoms with E-state index in [4.69, 9.17) is 0 Å². The molecule has 2 amide bonds. The molecule has 4 heteroatoms. The minimum atomic E-state index is -0.348. The molecule has 84 valence electrons. The first-order chi connectivity index (χ1) is 7.07. The SMILES string of the molecule is CN(C)N1C(=O)CC2(CCCCC2)C1=O. The lowest BCUT2D eigenvalue weighted by atomic mass is 9.73. The Morgan fingerprint density at radius 1 is 1.13 bits per heavy atom. The third-order valence-electron chi connectivity index (χ3n) is 3.58. The fourth-order valence-electron chi connectivity index (χ4n) is 2.80. The lowest BCUT2D eigenvalue weighted by molar-refractivity contribution is -0.156. The van der Waals surface area contributed by atoms with E-state index in [1.54, 1.807) is 19.1 Å². The fraction of sp³-hybridized carbons (Fsp3) is 0.818. The molecule has 2 aliphatic rings. The zero-order chi connectivity index (χ0) is 11.1. The van der Waals surface area contributed by atoms with Crippen LogP contribution in [0.5, 0.6) is 0 Å². The van der Waals surface area contributed by atoms with Gasteiger partial charge in [-0.2, -0.15) is 0 Å². The predicted octanol–water partition coefficient (Wildman–Crippen LogP) is 1.17. The molecule has 0 unspecified atom stereocenters. The average Bonchev–Trinajstić information content (AvgIpc) is 2.40. The zero-order valence-electron chi connectivity index (χ0n) is 9.45. The number of hydrogen-bond acceptors (Lipinski definition) is 3. The van der Waals surface area contributed by atoms with E-state index in [1.165, 1.54) is 11.4 Å². The Kier molecular flexibility index (Phi) is 2.54. The first-order valence-electron chi connectivity index (χ1n) is 5.61. The molecular weight excluding hydrogens is 192 g/mol. The van der Waals surface area contributed by atoms with Gasteiger partial charge in [-0.25, -0.2) is 10.0 Å². The van der Waals surface area contributed by atoms with E-state index < -0.39 is 0 Å². The van der Waals surface area contributed by atoms with Gasteiger partial charge in [0.1, 0.15) is 0 Å². The van der Waals surface area contributed by atoms with Crippen LogP contribution in [0.4, 0.5) is 0 Å². The Bertz CT molecular complexity index is 293. The third kappa shape index (κ3) is 1.57. The van der Waals surface area contributed by atoms with Crippen molar-refractivity contribution in [2.75, 3.05) is 14.1 Å². The highest BCUT2D eigenvalue weighted by molar-refractivity contribution is 6.05. The van der Waals surface area contributed by atoms with Gasteiger partial charge in [-0.3, -0.25) is 9.59 Å². The predicted molar refractivity (Wildman–Crippen MR) is 55.7 cm³/mol. The maximum atomic E-state index is 12.2. The van der Waals surface area contributed by atoms with E-state index in [-0.39, 0.29) is 17.2 Å². The molecule has 1 saturated carbocycles. The highest BCUT2D eigenvalue weighted by atomic mass is 16.2.